The van der Waals surface area contributed by atoms with Crippen LogP contribution in [0.25, 0.3) is 27.5 Å². The van der Waals surface area contributed by atoms with Gasteiger partial charge in [-0.3, -0.25) is 14.8 Å². The Morgan fingerprint density at radius 3 is 2.49 bits per heavy atom. The van der Waals surface area contributed by atoms with E-state index >= 15 is 0 Å². The van der Waals surface area contributed by atoms with Crippen LogP contribution in [0.3, 0.4) is 0 Å². The van der Waals surface area contributed by atoms with Crippen molar-refractivity contribution in [3.05, 3.63) is 89.0 Å². The van der Waals surface area contributed by atoms with Crippen molar-refractivity contribution < 1.29 is 4.40 Å². The molecule has 0 radical (unpaired) electrons. The number of piperazine rings is 1. The molecule has 5 aromatic rings. The SMILES string of the molecule is CCc1c(C)c(C#N)c2[nH]c3ccccc3[n+]2c1N1CCN(Cc2cccc3ccccc23)CC1. The second kappa shape index (κ2) is 8.72. The fourth-order valence-corrected chi connectivity index (χ4v) is 5.79. The van der Waals surface area contributed by atoms with E-state index in [1.165, 1.54) is 27.7 Å². The lowest BCUT2D eigenvalue weighted by Gasteiger charge is -2.34. The largest absolute Gasteiger partial charge is 0.293 e. The highest BCUT2D eigenvalue weighted by molar-refractivity contribution is 5.85. The summed E-state index contributed by atoms with van der Waals surface area (Å²) in [6, 6.07) is 26.1. The van der Waals surface area contributed by atoms with Crippen LogP contribution in [-0.4, -0.2) is 36.1 Å². The summed E-state index contributed by atoms with van der Waals surface area (Å²) in [7, 11) is 0. The molecular weight excluding hydrogens is 430 g/mol. The molecule has 5 heteroatoms. The number of hydrogen-bond donors (Lipinski definition) is 1. The van der Waals surface area contributed by atoms with E-state index in [-0.39, 0.29) is 0 Å². The molecule has 0 atom stereocenters. The molecule has 0 amide bonds. The van der Waals surface area contributed by atoms with Crippen LogP contribution in [0.4, 0.5) is 5.82 Å². The number of aromatic nitrogens is 2. The van der Waals surface area contributed by atoms with Gasteiger partial charge >= 0.3 is 0 Å². The molecular formula is C30H30N5+. The van der Waals surface area contributed by atoms with E-state index in [0.717, 1.165) is 67.0 Å². The summed E-state index contributed by atoms with van der Waals surface area (Å²) < 4.78 is 2.29. The predicted octanol–water partition coefficient (Wildman–Crippen LogP) is 5.12. The zero-order chi connectivity index (χ0) is 23.9. The van der Waals surface area contributed by atoms with Crippen LogP contribution in [0.15, 0.2) is 66.7 Å². The molecule has 3 aromatic carbocycles. The van der Waals surface area contributed by atoms with Gasteiger partial charge in [-0.05, 0) is 47.4 Å². The molecule has 1 saturated heterocycles. The number of pyridine rings is 1. The van der Waals surface area contributed by atoms with Crippen molar-refractivity contribution in [2.24, 2.45) is 0 Å². The first kappa shape index (κ1) is 21.6. The first-order valence-corrected chi connectivity index (χ1v) is 12.5. The number of nitrogens with zero attached hydrogens (tertiary/aromatic N) is 4. The van der Waals surface area contributed by atoms with Gasteiger partial charge in [0.2, 0.25) is 11.5 Å². The normalized spacial score (nSPS) is 14.7. The van der Waals surface area contributed by atoms with Crippen LogP contribution in [0, 0.1) is 18.3 Å². The number of rotatable bonds is 4. The third-order valence-electron chi connectivity index (χ3n) is 7.58. The van der Waals surface area contributed by atoms with Gasteiger partial charge in [-0.2, -0.15) is 9.66 Å². The lowest BCUT2D eigenvalue weighted by Crippen LogP contribution is -2.49. The van der Waals surface area contributed by atoms with Crippen LogP contribution < -0.4 is 9.30 Å². The highest BCUT2D eigenvalue weighted by Crippen LogP contribution is 2.29. The molecule has 2 aromatic heterocycles. The van der Waals surface area contributed by atoms with Gasteiger partial charge < -0.3 is 0 Å². The number of hydrogen-bond acceptors (Lipinski definition) is 3. The third-order valence-corrected chi connectivity index (χ3v) is 7.58. The van der Waals surface area contributed by atoms with Gasteiger partial charge in [0.1, 0.15) is 22.7 Å². The van der Waals surface area contributed by atoms with Crippen molar-refractivity contribution in [2.45, 2.75) is 26.8 Å². The van der Waals surface area contributed by atoms with Gasteiger partial charge in [0.25, 0.3) is 0 Å². The minimum absolute atomic E-state index is 0.747. The second-order valence-electron chi connectivity index (χ2n) is 9.50. The molecule has 3 heterocycles. The van der Waals surface area contributed by atoms with E-state index in [1.54, 1.807) is 0 Å². The number of imidazole rings is 1. The fourth-order valence-electron chi connectivity index (χ4n) is 5.79. The average Bonchev–Trinajstić information content (AvgIpc) is 3.28. The van der Waals surface area contributed by atoms with Crippen LogP contribution in [0.2, 0.25) is 0 Å². The molecule has 1 aliphatic rings. The van der Waals surface area contributed by atoms with Gasteiger partial charge in [0.15, 0.2) is 0 Å². The average molecular weight is 461 g/mol. The lowest BCUT2D eigenvalue weighted by atomic mass is 10.0. The number of H-pyrrole nitrogens is 1. The van der Waals surface area contributed by atoms with Crippen molar-refractivity contribution in [1.29, 1.82) is 5.26 Å². The second-order valence-corrected chi connectivity index (χ2v) is 9.50. The van der Waals surface area contributed by atoms with Gasteiger partial charge in [-0.1, -0.05) is 61.5 Å². The molecule has 0 spiro atoms. The highest BCUT2D eigenvalue weighted by Gasteiger charge is 2.31. The Kier molecular flexibility index (Phi) is 5.39. The lowest BCUT2D eigenvalue weighted by molar-refractivity contribution is -0.468. The number of fused-ring (bicyclic) bond motifs is 4. The number of nitrogens with one attached hydrogen (secondary N) is 1. The molecule has 1 N–H and O–H groups in total. The molecule has 6 rings (SSSR count). The quantitative estimate of drug-likeness (QED) is 0.379. The van der Waals surface area contributed by atoms with Gasteiger partial charge in [0.05, 0.1) is 13.1 Å². The minimum atomic E-state index is 0.747. The Morgan fingerprint density at radius 2 is 1.69 bits per heavy atom. The number of aromatic amines is 1. The van der Waals surface area contributed by atoms with E-state index in [4.69, 9.17) is 0 Å². The Labute approximate surface area is 205 Å². The molecule has 1 aliphatic heterocycles. The maximum Gasteiger partial charge on any atom is 0.250 e. The fraction of sp³-hybridized carbons (Fsp3) is 0.267. The van der Waals surface area contributed by atoms with Crippen molar-refractivity contribution in [3.8, 4) is 6.07 Å². The van der Waals surface area contributed by atoms with Crippen molar-refractivity contribution in [1.82, 2.24) is 9.88 Å². The van der Waals surface area contributed by atoms with Crippen molar-refractivity contribution in [2.75, 3.05) is 31.1 Å². The van der Waals surface area contributed by atoms with Gasteiger partial charge in [-0.15, -0.1) is 0 Å². The van der Waals surface area contributed by atoms with E-state index < -0.39 is 0 Å². The van der Waals surface area contributed by atoms with Gasteiger partial charge in [-0.25, -0.2) is 0 Å². The van der Waals surface area contributed by atoms with Crippen LogP contribution in [0.1, 0.15) is 29.2 Å². The zero-order valence-corrected chi connectivity index (χ0v) is 20.4. The third kappa shape index (κ3) is 3.53. The monoisotopic (exact) mass is 460 g/mol. The number of nitriles is 1. The molecule has 35 heavy (non-hydrogen) atoms. The van der Waals surface area contributed by atoms with E-state index in [2.05, 4.69) is 99.8 Å². The smallest absolute Gasteiger partial charge is 0.250 e. The van der Waals surface area contributed by atoms with E-state index in [1.807, 2.05) is 6.07 Å². The predicted molar refractivity (Wildman–Crippen MR) is 142 cm³/mol. The summed E-state index contributed by atoms with van der Waals surface area (Å²) in [6.07, 6.45) is 0.897. The van der Waals surface area contributed by atoms with Crippen LogP contribution in [0.5, 0.6) is 0 Å². The maximum absolute atomic E-state index is 10.0. The van der Waals surface area contributed by atoms with Crippen LogP contribution >= 0.6 is 0 Å². The Bertz CT molecular complexity index is 1590. The maximum atomic E-state index is 10.0. The van der Waals surface area contributed by atoms with Crippen molar-refractivity contribution >= 4 is 33.3 Å². The Morgan fingerprint density at radius 1 is 0.943 bits per heavy atom. The first-order chi connectivity index (χ1) is 17.2. The summed E-state index contributed by atoms with van der Waals surface area (Å²) in [5.41, 5.74) is 7.59. The molecule has 0 bridgehead atoms. The first-order valence-electron chi connectivity index (χ1n) is 12.5. The highest BCUT2D eigenvalue weighted by atomic mass is 15.3. The summed E-state index contributed by atoms with van der Waals surface area (Å²) in [5, 5.41) is 12.7. The summed E-state index contributed by atoms with van der Waals surface area (Å²) in [5.74, 6) is 1.24. The van der Waals surface area contributed by atoms with E-state index in [9.17, 15) is 5.26 Å². The molecule has 1 fully saturated rings. The number of benzene rings is 3. The Balaban J connectivity index is 1.36. The number of anilines is 1. The number of para-hydroxylation sites is 2. The molecule has 5 nitrogen and oxygen atoms in total. The molecule has 0 unspecified atom stereocenters. The van der Waals surface area contributed by atoms with Gasteiger partial charge in [0, 0.05) is 25.2 Å². The summed E-state index contributed by atoms with van der Waals surface area (Å²) in [6.45, 7) is 9.22. The molecule has 0 aliphatic carbocycles. The topological polar surface area (TPSA) is 50.2 Å². The van der Waals surface area contributed by atoms with Crippen molar-refractivity contribution in [3.63, 3.8) is 0 Å². The standard InChI is InChI=1S/C30H29N5/c1-3-24-21(2)26(19-31)29-32-27-13-6-7-14-28(27)35(29)30(24)34-17-15-33(16-18-34)20-23-11-8-10-22-9-4-5-12-25(22)23/h4-14H,3,15-18,20H2,1-2H3/p+1. The Hall–Kier alpha value is -3.88. The molecule has 0 saturated carbocycles. The molecule has 174 valence electrons. The van der Waals surface area contributed by atoms with E-state index in [0.29, 0.717) is 0 Å². The minimum Gasteiger partial charge on any atom is -0.293 e. The zero-order valence-electron chi connectivity index (χ0n) is 20.4. The summed E-state index contributed by atoms with van der Waals surface area (Å²) in [4.78, 5) is 8.63. The van der Waals surface area contributed by atoms with Crippen LogP contribution in [-0.2, 0) is 13.0 Å². The summed E-state index contributed by atoms with van der Waals surface area (Å²) >= 11 is 0.